The van der Waals surface area contributed by atoms with Gasteiger partial charge in [0.2, 0.25) is 0 Å². The van der Waals surface area contributed by atoms with Crippen LogP contribution in [0.25, 0.3) is 10.9 Å². The number of hydrogen-bond donors (Lipinski definition) is 1. The fourth-order valence-corrected chi connectivity index (χ4v) is 1.92. The summed E-state index contributed by atoms with van der Waals surface area (Å²) >= 11 is 0. The van der Waals surface area contributed by atoms with Crippen LogP contribution in [0.15, 0.2) is 55.1 Å². The molecule has 0 atom stereocenters. The van der Waals surface area contributed by atoms with E-state index in [1.165, 1.54) is 18.6 Å². The maximum absolute atomic E-state index is 11.9. The van der Waals surface area contributed by atoms with E-state index in [0.29, 0.717) is 12.2 Å². The van der Waals surface area contributed by atoms with E-state index in [9.17, 15) is 4.79 Å². The van der Waals surface area contributed by atoms with E-state index in [1.807, 2.05) is 30.3 Å². The van der Waals surface area contributed by atoms with Crippen molar-refractivity contribution in [1.29, 1.82) is 0 Å². The monoisotopic (exact) mass is 264 g/mol. The van der Waals surface area contributed by atoms with Crippen molar-refractivity contribution in [3.63, 3.8) is 0 Å². The molecule has 0 radical (unpaired) electrons. The van der Waals surface area contributed by atoms with Gasteiger partial charge in [0.25, 0.3) is 5.91 Å². The van der Waals surface area contributed by atoms with Crippen molar-refractivity contribution in [3.05, 3.63) is 66.4 Å². The maximum atomic E-state index is 11.9. The molecular formula is C15H12N4O. The van der Waals surface area contributed by atoms with E-state index in [0.717, 1.165) is 16.5 Å². The summed E-state index contributed by atoms with van der Waals surface area (Å²) in [6.45, 7) is 0.445. The molecule has 0 aliphatic rings. The number of benzene rings is 1. The Morgan fingerprint density at radius 1 is 1.10 bits per heavy atom. The van der Waals surface area contributed by atoms with Crippen LogP contribution in [0.5, 0.6) is 0 Å². The molecule has 5 nitrogen and oxygen atoms in total. The Hall–Kier alpha value is -2.82. The predicted octanol–water partition coefficient (Wildman–Crippen LogP) is 1.95. The molecule has 0 unspecified atom stereocenters. The van der Waals surface area contributed by atoms with Crippen LogP contribution >= 0.6 is 0 Å². The molecule has 1 aromatic carbocycles. The van der Waals surface area contributed by atoms with Crippen LogP contribution in [0.4, 0.5) is 0 Å². The molecule has 0 saturated carbocycles. The highest BCUT2D eigenvalue weighted by Crippen LogP contribution is 2.13. The van der Waals surface area contributed by atoms with Crippen molar-refractivity contribution >= 4 is 16.8 Å². The van der Waals surface area contributed by atoms with Crippen LogP contribution in [0.2, 0.25) is 0 Å². The van der Waals surface area contributed by atoms with Crippen molar-refractivity contribution in [1.82, 2.24) is 20.3 Å². The standard InChI is InChI=1S/C15H12N4O/c20-15(14-10-16-6-7-18-14)19-9-11-3-4-13-12(8-11)2-1-5-17-13/h1-8,10H,9H2,(H,19,20). The first kappa shape index (κ1) is 12.2. The molecule has 5 heteroatoms. The summed E-state index contributed by atoms with van der Waals surface area (Å²) in [6.07, 6.45) is 6.24. The molecule has 98 valence electrons. The number of carbonyl (C=O) groups is 1. The van der Waals surface area contributed by atoms with E-state index >= 15 is 0 Å². The lowest BCUT2D eigenvalue weighted by Crippen LogP contribution is -2.23. The third-order valence-corrected chi connectivity index (χ3v) is 2.92. The lowest BCUT2D eigenvalue weighted by molar-refractivity contribution is 0.0945. The Morgan fingerprint density at radius 3 is 2.90 bits per heavy atom. The zero-order chi connectivity index (χ0) is 13.8. The van der Waals surface area contributed by atoms with Crippen molar-refractivity contribution in [3.8, 4) is 0 Å². The summed E-state index contributed by atoms with van der Waals surface area (Å²) < 4.78 is 0. The zero-order valence-electron chi connectivity index (χ0n) is 10.7. The topological polar surface area (TPSA) is 67.8 Å². The highest BCUT2D eigenvalue weighted by Gasteiger charge is 2.06. The third-order valence-electron chi connectivity index (χ3n) is 2.92. The van der Waals surface area contributed by atoms with Crippen LogP contribution in [0, 0.1) is 0 Å². The van der Waals surface area contributed by atoms with Gasteiger partial charge in [-0.2, -0.15) is 0 Å². The average Bonchev–Trinajstić information content (AvgIpc) is 2.53. The zero-order valence-corrected chi connectivity index (χ0v) is 10.7. The van der Waals surface area contributed by atoms with Crippen LogP contribution in [0.1, 0.15) is 16.1 Å². The number of fused-ring (bicyclic) bond motifs is 1. The fraction of sp³-hybridized carbons (Fsp3) is 0.0667. The van der Waals surface area contributed by atoms with Gasteiger partial charge in [0.15, 0.2) is 0 Å². The number of nitrogens with zero attached hydrogens (tertiary/aromatic N) is 3. The molecule has 1 amide bonds. The van der Waals surface area contributed by atoms with Gasteiger partial charge < -0.3 is 5.32 Å². The highest BCUT2D eigenvalue weighted by molar-refractivity contribution is 5.91. The molecule has 2 aromatic heterocycles. The summed E-state index contributed by atoms with van der Waals surface area (Å²) in [5.74, 6) is -0.232. The Bertz CT molecular complexity index is 743. The third kappa shape index (κ3) is 2.61. The van der Waals surface area contributed by atoms with E-state index in [2.05, 4.69) is 20.3 Å². The minimum Gasteiger partial charge on any atom is -0.347 e. The fourth-order valence-electron chi connectivity index (χ4n) is 1.92. The average molecular weight is 264 g/mol. The molecule has 20 heavy (non-hydrogen) atoms. The predicted molar refractivity (Wildman–Crippen MR) is 74.9 cm³/mol. The number of nitrogens with one attached hydrogen (secondary N) is 1. The molecule has 0 aliphatic heterocycles. The number of carbonyl (C=O) groups excluding carboxylic acids is 1. The lowest BCUT2D eigenvalue weighted by atomic mass is 10.1. The second-order valence-electron chi connectivity index (χ2n) is 4.30. The van der Waals surface area contributed by atoms with Crippen LogP contribution in [-0.2, 0) is 6.54 Å². The molecule has 0 bridgehead atoms. The minimum absolute atomic E-state index is 0.232. The van der Waals surface area contributed by atoms with Crippen LogP contribution in [-0.4, -0.2) is 20.9 Å². The largest absolute Gasteiger partial charge is 0.347 e. The van der Waals surface area contributed by atoms with Gasteiger partial charge in [-0.05, 0) is 23.8 Å². The minimum atomic E-state index is -0.232. The molecule has 1 N–H and O–H groups in total. The first-order chi connectivity index (χ1) is 9.83. The number of pyridine rings is 1. The number of rotatable bonds is 3. The van der Waals surface area contributed by atoms with Crippen LogP contribution < -0.4 is 5.32 Å². The Morgan fingerprint density at radius 2 is 2.05 bits per heavy atom. The summed E-state index contributed by atoms with van der Waals surface area (Å²) in [7, 11) is 0. The quantitative estimate of drug-likeness (QED) is 0.785. The van der Waals surface area contributed by atoms with Gasteiger partial charge in [-0.25, -0.2) is 4.98 Å². The van der Waals surface area contributed by atoms with E-state index in [1.54, 1.807) is 6.20 Å². The summed E-state index contributed by atoms with van der Waals surface area (Å²) in [5.41, 5.74) is 2.27. The van der Waals surface area contributed by atoms with Crippen LogP contribution in [0.3, 0.4) is 0 Å². The van der Waals surface area contributed by atoms with Crippen molar-refractivity contribution in [2.45, 2.75) is 6.54 Å². The highest BCUT2D eigenvalue weighted by atomic mass is 16.1. The smallest absolute Gasteiger partial charge is 0.271 e. The van der Waals surface area contributed by atoms with Crippen molar-refractivity contribution in [2.24, 2.45) is 0 Å². The first-order valence-corrected chi connectivity index (χ1v) is 6.21. The van der Waals surface area contributed by atoms with Gasteiger partial charge in [-0.1, -0.05) is 12.1 Å². The molecule has 0 aliphatic carbocycles. The Kier molecular flexibility index (Phi) is 3.33. The molecule has 3 rings (SSSR count). The molecule has 0 saturated heterocycles. The van der Waals surface area contributed by atoms with Gasteiger partial charge in [0, 0.05) is 30.5 Å². The van der Waals surface area contributed by atoms with Gasteiger partial charge in [0.05, 0.1) is 11.7 Å². The lowest BCUT2D eigenvalue weighted by Gasteiger charge is -2.05. The van der Waals surface area contributed by atoms with Gasteiger partial charge in [0.1, 0.15) is 5.69 Å². The second-order valence-corrected chi connectivity index (χ2v) is 4.30. The number of hydrogen-bond acceptors (Lipinski definition) is 4. The molecule has 0 fully saturated rings. The molecule has 3 aromatic rings. The summed E-state index contributed by atoms with van der Waals surface area (Å²) in [5, 5.41) is 3.87. The number of aromatic nitrogens is 3. The molecule has 0 spiro atoms. The second kappa shape index (κ2) is 5.44. The van der Waals surface area contributed by atoms with E-state index in [4.69, 9.17) is 0 Å². The van der Waals surface area contributed by atoms with Gasteiger partial charge >= 0.3 is 0 Å². The summed E-state index contributed by atoms with van der Waals surface area (Å²) in [4.78, 5) is 23.9. The Balaban J connectivity index is 1.72. The van der Waals surface area contributed by atoms with E-state index < -0.39 is 0 Å². The van der Waals surface area contributed by atoms with Gasteiger partial charge in [-0.15, -0.1) is 0 Å². The van der Waals surface area contributed by atoms with E-state index in [-0.39, 0.29) is 5.91 Å². The Labute approximate surface area is 115 Å². The maximum Gasteiger partial charge on any atom is 0.271 e. The summed E-state index contributed by atoms with van der Waals surface area (Å²) in [6, 6.07) is 9.80. The number of amides is 1. The van der Waals surface area contributed by atoms with Crippen molar-refractivity contribution < 1.29 is 4.79 Å². The normalized spacial score (nSPS) is 10.4. The van der Waals surface area contributed by atoms with Crippen molar-refractivity contribution in [2.75, 3.05) is 0 Å². The first-order valence-electron chi connectivity index (χ1n) is 6.21. The SMILES string of the molecule is O=C(NCc1ccc2ncccc2c1)c1cnccn1. The molecule has 2 heterocycles. The molecular weight excluding hydrogens is 252 g/mol. The van der Waals surface area contributed by atoms with Gasteiger partial charge in [-0.3, -0.25) is 14.8 Å².